The first-order valence-electron chi connectivity index (χ1n) is 8.24. The smallest absolute Gasteiger partial charge is 0.392 e. The molecule has 0 aliphatic rings. The van der Waals surface area contributed by atoms with E-state index in [9.17, 15) is 18.0 Å². The number of esters is 1. The van der Waals surface area contributed by atoms with Gasteiger partial charge >= 0.3 is 12.1 Å². The lowest BCUT2D eigenvalue weighted by Gasteiger charge is -2.16. The largest absolute Gasteiger partial charge is 0.462 e. The molecule has 0 aromatic heterocycles. The number of halogens is 6. The zero-order valence-corrected chi connectivity index (χ0v) is 17.2. The van der Waals surface area contributed by atoms with Crippen LogP contribution in [0.25, 0.3) is 5.57 Å². The van der Waals surface area contributed by atoms with Crippen molar-refractivity contribution in [2.75, 3.05) is 6.61 Å². The standard InChI is InChI=1S/C20H16Cl3F3O2/c1-3-28-19(27)14-6-4-5-13(11(14)2)15(7-8-20(24,25)26)12-9-16(21)18(23)17(22)10-12/h4-7,9-10H,3,8H2,1-2H3/b15-7+. The average Bonchev–Trinajstić information content (AvgIpc) is 2.60. The highest BCUT2D eigenvalue weighted by Crippen LogP contribution is 2.37. The molecule has 0 saturated heterocycles. The van der Waals surface area contributed by atoms with Crippen molar-refractivity contribution >= 4 is 46.3 Å². The fourth-order valence-corrected chi connectivity index (χ4v) is 3.27. The third kappa shape index (κ3) is 5.43. The molecule has 28 heavy (non-hydrogen) atoms. The van der Waals surface area contributed by atoms with Crippen LogP contribution >= 0.6 is 34.8 Å². The quantitative estimate of drug-likeness (QED) is 0.347. The Morgan fingerprint density at radius 3 is 2.21 bits per heavy atom. The lowest BCUT2D eigenvalue weighted by molar-refractivity contribution is -0.124. The van der Waals surface area contributed by atoms with E-state index in [2.05, 4.69) is 0 Å². The van der Waals surface area contributed by atoms with Crippen molar-refractivity contribution in [2.24, 2.45) is 0 Å². The molecule has 0 atom stereocenters. The van der Waals surface area contributed by atoms with Gasteiger partial charge in [0, 0.05) is 0 Å². The van der Waals surface area contributed by atoms with Gasteiger partial charge in [0.1, 0.15) is 0 Å². The Balaban J connectivity index is 2.68. The number of hydrogen-bond donors (Lipinski definition) is 0. The highest BCUT2D eigenvalue weighted by atomic mass is 35.5. The summed E-state index contributed by atoms with van der Waals surface area (Å²) in [5, 5.41) is 0.335. The van der Waals surface area contributed by atoms with Gasteiger partial charge in [0.25, 0.3) is 0 Å². The zero-order valence-electron chi connectivity index (χ0n) is 15.0. The minimum atomic E-state index is -4.40. The summed E-state index contributed by atoms with van der Waals surface area (Å²) >= 11 is 18.1. The van der Waals surface area contributed by atoms with Gasteiger partial charge in [0.2, 0.25) is 0 Å². The molecule has 0 N–H and O–H groups in total. The first-order valence-corrected chi connectivity index (χ1v) is 9.37. The molecule has 0 aliphatic heterocycles. The van der Waals surface area contributed by atoms with Gasteiger partial charge < -0.3 is 4.74 Å². The number of ether oxygens (including phenoxy) is 1. The number of carbonyl (C=O) groups is 1. The van der Waals surface area contributed by atoms with E-state index >= 15 is 0 Å². The van der Waals surface area contributed by atoms with Crippen LogP contribution < -0.4 is 0 Å². The van der Waals surface area contributed by atoms with E-state index in [0.29, 0.717) is 16.7 Å². The minimum Gasteiger partial charge on any atom is -0.462 e. The predicted octanol–water partition coefficient (Wildman–Crippen LogP) is 7.52. The Kier molecular flexibility index (Phi) is 7.43. The van der Waals surface area contributed by atoms with Gasteiger partial charge in [0.15, 0.2) is 0 Å². The van der Waals surface area contributed by atoms with Crippen molar-refractivity contribution in [1.29, 1.82) is 0 Å². The van der Waals surface area contributed by atoms with E-state index in [1.807, 2.05) is 0 Å². The lowest BCUT2D eigenvalue weighted by atomic mass is 9.91. The highest BCUT2D eigenvalue weighted by Gasteiger charge is 2.26. The highest BCUT2D eigenvalue weighted by molar-refractivity contribution is 6.48. The van der Waals surface area contributed by atoms with Crippen LogP contribution in [-0.4, -0.2) is 18.8 Å². The molecule has 0 unspecified atom stereocenters. The summed E-state index contributed by atoms with van der Waals surface area (Å²) in [7, 11) is 0. The van der Waals surface area contributed by atoms with Gasteiger partial charge in [-0.2, -0.15) is 13.2 Å². The Morgan fingerprint density at radius 2 is 1.68 bits per heavy atom. The molecule has 150 valence electrons. The maximum absolute atomic E-state index is 12.9. The van der Waals surface area contributed by atoms with E-state index in [-0.39, 0.29) is 32.8 Å². The van der Waals surface area contributed by atoms with Crippen molar-refractivity contribution in [2.45, 2.75) is 26.4 Å². The van der Waals surface area contributed by atoms with Crippen LogP contribution in [0.15, 0.2) is 36.4 Å². The van der Waals surface area contributed by atoms with Crippen LogP contribution in [-0.2, 0) is 4.74 Å². The van der Waals surface area contributed by atoms with Crippen molar-refractivity contribution < 1.29 is 22.7 Å². The summed E-state index contributed by atoms with van der Waals surface area (Å²) in [6.07, 6.45) is -4.53. The van der Waals surface area contributed by atoms with Gasteiger partial charge in [-0.25, -0.2) is 4.79 Å². The number of rotatable bonds is 5. The zero-order chi connectivity index (χ0) is 21.1. The Morgan fingerprint density at radius 1 is 1.11 bits per heavy atom. The van der Waals surface area contributed by atoms with Gasteiger partial charge in [-0.05, 0) is 54.3 Å². The van der Waals surface area contributed by atoms with Crippen LogP contribution in [0.3, 0.4) is 0 Å². The van der Waals surface area contributed by atoms with Crippen LogP contribution in [0.5, 0.6) is 0 Å². The number of alkyl halides is 3. The van der Waals surface area contributed by atoms with E-state index in [1.165, 1.54) is 12.1 Å². The molecule has 2 rings (SSSR count). The third-order valence-electron chi connectivity index (χ3n) is 3.95. The van der Waals surface area contributed by atoms with Crippen molar-refractivity contribution in [3.63, 3.8) is 0 Å². The van der Waals surface area contributed by atoms with Crippen LogP contribution in [0.2, 0.25) is 15.1 Å². The topological polar surface area (TPSA) is 26.3 Å². The number of carbonyl (C=O) groups excluding carboxylic acids is 1. The van der Waals surface area contributed by atoms with E-state index < -0.39 is 18.6 Å². The summed E-state index contributed by atoms with van der Waals surface area (Å²) in [5.74, 6) is -0.552. The molecular weight excluding hydrogens is 436 g/mol. The molecule has 0 spiro atoms. The summed E-state index contributed by atoms with van der Waals surface area (Å²) in [4.78, 5) is 12.2. The molecular formula is C20H16Cl3F3O2. The fourth-order valence-electron chi connectivity index (χ4n) is 2.67. The Bertz CT molecular complexity index is 898. The molecule has 2 aromatic carbocycles. The molecule has 0 fully saturated rings. The lowest BCUT2D eigenvalue weighted by Crippen LogP contribution is -2.09. The van der Waals surface area contributed by atoms with Gasteiger partial charge in [-0.3, -0.25) is 0 Å². The molecule has 2 nitrogen and oxygen atoms in total. The predicted molar refractivity (Wildman–Crippen MR) is 106 cm³/mol. The summed E-state index contributed by atoms with van der Waals surface area (Å²) in [6.45, 7) is 3.49. The molecule has 2 aromatic rings. The second-order valence-corrected chi connectivity index (χ2v) is 7.08. The van der Waals surface area contributed by atoms with Crippen molar-refractivity contribution in [3.05, 3.63) is 73.7 Å². The normalized spacial score (nSPS) is 12.2. The van der Waals surface area contributed by atoms with E-state index in [0.717, 1.165) is 6.08 Å². The van der Waals surface area contributed by atoms with Crippen molar-refractivity contribution in [1.82, 2.24) is 0 Å². The monoisotopic (exact) mass is 450 g/mol. The van der Waals surface area contributed by atoms with Crippen LogP contribution in [0, 0.1) is 6.92 Å². The summed E-state index contributed by atoms with van der Waals surface area (Å²) in [6, 6.07) is 7.63. The fraction of sp³-hybridized carbons (Fsp3) is 0.250. The van der Waals surface area contributed by atoms with Crippen molar-refractivity contribution in [3.8, 4) is 0 Å². The molecule has 0 radical (unpaired) electrons. The molecule has 0 heterocycles. The first kappa shape index (κ1) is 22.6. The van der Waals surface area contributed by atoms with Gasteiger partial charge in [0.05, 0.1) is 33.7 Å². The summed E-state index contributed by atoms with van der Waals surface area (Å²) < 4.78 is 43.7. The Labute approximate surface area is 175 Å². The number of benzene rings is 2. The van der Waals surface area contributed by atoms with E-state index in [4.69, 9.17) is 39.5 Å². The van der Waals surface area contributed by atoms with E-state index in [1.54, 1.807) is 32.0 Å². The Hall–Kier alpha value is -1.69. The molecule has 8 heteroatoms. The molecule has 0 amide bonds. The maximum atomic E-state index is 12.9. The first-order chi connectivity index (χ1) is 13.0. The second kappa shape index (κ2) is 9.21. The van der Waals surface area contributed by atoms with Gasteiger partial charge in [-0.1, -0.05) is 53.0 Å². The maximum Gasteiger partial charge on any atom is 0.392 e. The minimum absolute atomic E-state index is 0.110. The third-order valence-corrected chi connectivity index (χ3v) is 5.15. The number of hydrogen-bond acceptors (Lipinski definition) is 2. The SMILES string of the molecule is CCOC(=O)c1cccc(/C(=C/CC(F)(F)F)c2cc(Cl)c(Cl)c(Cl)c2)c1C. The molecule has 0 aliphatic carbocycles. The number of allylic oxidation sites excluding steroid dienone is 1. The van der Waals surface area contributed by atoms with Crippen LogP contribution in [0.1, 0.15) is 40.4 Å². The van der Waals surface area contributed by atoms with Crippen LogP contribution in [0.4, 0.5) is 13.2 Å². The average molecular weight is 452 g/mol. The summed E-state index contributed by atoms with van der Waals surface area (Å²) in [5.41, 5.74) is 1.78. The molecule has 0 bridgehead atoms. The molecule has 0 saturated carbocycles. The van der Waals surface area contributed by atoms with Gasteiger partial charge in [-0.15, -0.1) is 0 Å². The second-order valence-electron chi connectivity index (χ2n) is 5.89.